The van der Waals surface area contributed by atoms with E-state index in [2.05, 4.69) is 24.6 Å². The molecule has 0 spiro atoms. The lowest BCUT2D eigenvalue weighted by molar-refractivity contribution is -0.274. The van der Waals surface area contributed by atoms with Crippen molar-refractivity contribution < 1.29 is 17.9 Å². The molecule has 1 saturated heterocycles. The second-order valence-corrected chi connectivity index (χ2v) is 6.52. The maximum absolute atomic E-state index is 12.5. The predicted molar refractivity (Wildman–Crippen MR) is 95.4 cm³/mol. The van der Waals surface area contributed by atoms with E-state index in [9.17, 15) is 13.2 Å². The number of rotatable bonds is 3. The zero-order chi connectivity index (χ0) is 19.0. The summed E-state index contributed by atoms with van der Waals surface area (Å²) >= 11 is 0. The quantitative estimate of drug-likeness (QED) is 0.731. The molecule has 3 aromatic rings. The van der Waals surface area contributed by atoms with Gasteiger partial charge in [-0.05, 0) is 31.0 Å². The minimum Gasteiger partial charge on any atom is -0.406 e. The fourth-order valence-electron chi connectivity index (χ4n) is 3.24. The minimum absolute atomic E-state index is 0.201. The van der Waals surface area contributed by atoms with Gasteiger partial charge in [-0.2, -0.15) is 0 Å². The van der Waals surface area contributed by atoms with Gasteiger partial charge in [0.25, 0.3) is 0 Å². The molecular formula is C18H18F3N5O. The zero-order valence-corrected chi connectivity index (χ0v) is 14.3. The van der Waals surface area contributed by atoms with E-state index in [-0.39, 0.29) is 11.8 Å². The van der Waals surface area contributed by atoms with Crippen LogP contribution in [0.3, 0.4) is 0 Å². The number of hydrogen-bond acceptors (Lipinski definition) is 5. The van der Waals surface area contributed by atoms with Crippen molar-refractivity contribution in [3.8, 4) is 17.1 Å². The smallest absolute Gasteiger partial charge is 0.406 e. The highest BCUT2D eigenvalue weighted by atomic mass is 19.4. The molecular weight excluding hydrogens is 359 g/mol. The number of halogens is 3. The summed E-state index contributed by atoms with van der Waals surface area (Å²) in [6, 6.07) is 7.72. The largest absolute Gasteiger partial charge is 0.573 e. The molecule has 4 rings (SSSR count). The van der Waals surface area contributed by atoms with E-state index in [0.29, 0.717) is 16.9 Å². The number of anilines is 1. The van der Waals surface area contributed by atoms with Gasteiger partial charge in [0.2, 0.25) is 0 Å². The number of hydrogen-bond donors (Lipinski definition) is 2. The van der Waals surface area contributed by atoms with Crippen LogP contribution in [-0.2, 0) is 0 Å². The standard InChI is InChI=1S/C18H18F3N5O/c19-18(20,21)27-13-3-1-2-11(10-13)16-24-14-4-7-23-17(15(14)25-16)26-8-5-12(22)6-9-26/h1-4,7,10,12H,5-6,8-9,22H2,(H,24,25). The van der Waals surface area contributed by atoms with Crippen molar-refractivity contribution in [2.45, 2.75) is 25.2 Å². The third-order valence-corrected chi connectivity index (χ3v) is 4.56. The summed E-state index contributed by atoms with van der Waals surface area (Å²) in [6.07, 6.45) is -1.28. The number of H-pyrrole nitrogens is 1. The summed E-state index contributed by atoms with van der Waals surface area (Å²) in [6.45, 7) is 1.59. The number of nitrogens with zero attached hydrogens (tertiary/aromatic N) is 3. The first-order chi connectivity index (χ1) is 12.9. The van der Waals surface area contributed by atoms with Crippen LogP contribution in [-0.4, -0.2) is 40.4 Å². The van der Waals surface area contributed by atoms with E-state index in [0.717, 1.165) is 37.3 Å². The molecule has 142 valence electrons. The van der Waals surface area contributed by atoms with E-state index in [4.69, 9.17) is 5.73 Å². The van der Waals surface area contributed by atoms with E-state index in [1.165, 1.54) is 18.2 Å². The number of nitrogens with two attached hydrogens (primary N) is 1. The van der Waals surface area contributed by atoms with Gasteiger partial charge in [0.1, 0.15) is 17.1 Å². The molecule has 0 unspecified atom stereocenters. The fourth-order valence-corrected chi connectivity index (χ4v) is 3.24. The Hall–Kier alpha value is -2.81. The molecule has 0 radical (unpaired) electrons. The lowest BCUT2D eigenvalue weighted by Crippen LogP contribution is -2.40. The van der Waals surface area contributed by atoms with Crippen molar-refractivity contribution in [2.75, 3.05) is 18.0 Å². The normalized spacial score (nSPS) is 16.1. The Morgan fingerprint density at radius 2 is 1.96 bits per heavy atom. The van der Waals surface area contributed by atoms with Gasteiger partial charge >= 0.3 is 6.36 Å². The second-order valence-electron chi connectivity index (χ2n) is 6.52. The number of benzene rings is 1. The fraction of sp³-hybridized carbons (Fsp3) is 0.333. The van der Waals surface area contributed by atoms with Gasteiger partial charge in [0, 0.05) is 30.9 Å². The SMILES string of the molecule is NC1CCN(c2nccc3[nH]c(-c4cccc(OC(F)(F)F)c4)nc23)CC1. The Kier molecular flexibility index (Phi) is 4.39. The van der Waals surface area contributed by atoms with Crippen LogP contribution < -0.4 is 15.4 Å². The molecule has 0 bridgehead atoms. The number of aromatic amines is 1. The number of piperidine rings is 1. The van der Waals surface area contributed by atoms with Gasteiger partial charge < -0.3 is 20.4 Å². The van der Waals surface area contributed by atoms with Gasteiger partial charge in [-0.3, -0.25) is 0 Å². The highest BCUT2D eigenvalue weighted by molar-refractivity contribution is 5.88. The van der Waals surface area contributed by atoms with Crippen molar-refractivity contribution in [3.63, 3.8) is 0 Å². The third kappa shape index (κ3) is 3.82. The van der Waals surface area contributed by atoms with Crippen LogP contribution in [0.4, 0.5) is 19.0 Å². The van der Waals surface area contributed by atoms with E-state index in [1.807, 2.05) is 0 Å². The molecule has 3 N–H and O–H groups in total. The Morgan fingerprint density at radius 3 is 2.70 bits per heavy atom. The maximum Gasteiger partial charge on any atom is 0.573 e. The number of aromatic nitrogens is 3. The van der Waals surface area contributed by atoms with Crippen molar-refractivity contribution in [2.24, 2.45) is 5.73 Å². The van der Waals surface area contributed by atoms with E-state index < -0.39 is 6.36 Å². The molecule has 0 saturated carbocycles. The third-order valence-electron chi connectivity index (χ3n) is 4.56. The monoisotopic (exact) mass is 377 g/mol. The van der Waals surface area contributed by atoms with Crippen LogP contribution >= 0.6 is 0 Å². The topological polar surface area (TPSA) is 80.1 Å². The Balaban J connectivity index is 1.68. The molecule has 1 aliphatic rings. The van der Waals surface area contributed by atoms with Crippen LogP contribution in [0.1, 0.15) is 12.8 Å². The lowest BCUT2D eigenvalue weighted by atomic mass is 10.1. The average molecular weight is 377 g/mol. The first kappa shape index (κ1) is 17.6. The molecule has 0 aliphatic carbocycles. The summed E-state index contributed by atoms with van der Waals surface area (Å²) < 4.78 is 41.4. The highest BCUT2D eigenvalue weighted by Crippen LogP contribution is 2.30. The van der Waals surface area contributed by atoms with Crippen LogP contribution in [0.15, 0.2) is 36.5 Å². The number of nitrogens with one attached hydrogen (secondary N) is 1. The number of ether oxygens (including phenoxy) is 1. The molecule has 0 atom stereocenters. The van der Waals surface area contributed by atoms with Crippen molar-refractivity contribution in [3.05, 3.63) is 36.5 Å². The Morgan fingerprint density at radius 1 is 1.19 bits per heavy atom. The highest BCUT2D eigenvalue weighted by Gasteiger charge is 2.31. The molecule has 1 fully saturated rings. The molecule has 9 heteroatoms. The average Bonchev–Trinajstić information content (AvgIpc) is 3.05. The number of imidazole rings is 1. The van der Waals surface area contributed by atoms with Crippen molar-refractivity contribution in [1.82, 2.24) is 15.0 Å². The summed E-state index contributed by atoms with van der Waals surface area (Å²) in [4.78, 5) is 14.3. The number of fused-ring (bicyclic) bond motifs is 1. The molecule has 1 aliphatic heterocycles. The van der Waals surface area contributed by atoms with Gasteiger partial charge in [0.05, 0.1) is 5.52 Å². The molecule has 6 nitrogen and oxygen atoms in total. The molecule has 27 heavy (non-hydrogen) atoms. The minimum atomic E-state index is -4.74. The van der Waals surface area contributed by atoms with E-state index in [1.54, 1.807) is 18.3 Å². The van der Waals surface area contributed by atoms with Crippen LogP contribution in [0.5, 0.6) is 5.75 Å². The van der Waals surface area contributed by atoms with Gasteiger partial charge in [-0.25, -0.2) is 9.97 Å². The van der Waals surface area contributed by atoms with Gasteiger partial charge in [-0.15, -0.1) is 13.2 Å². The molecule has 1 aromatic carbocycles. The van der Waals surface area contributed by atoms with Crippen LogP contribution in [0.2, 0.25) is 0 Å². The maximum atomic E-state index is 12.5. The summed E-state index contributed by atoms with van der Waals surface area (Å²) in [5, 5.41) is 0. The summed E-state index contributed by atoms with van der Waals surface area (Å²) in [7, 11) is 0. The number of pyridine rings is 1. The predicted octanol–water partition coefficient (Wildman–Crippen LogP) is 3.45. The first-order valence-electron chi connectivity index (χ1n) is 8.60. The Bertz CT molecular complexity index is 948. The van der Waals surface area contributed by atoms with Crippen molar-refractivity contribution in [1.29, 1.82) is 0 Å². The molecule has 3 heterocycles. The number of alkyl halides is 3. The summed E-state index contributed by atoms with van der Waals surface area (Å²) in [5.41, 5.74) is 7.92. The van der Waals surface area contributed by atoms with Gasteiger partial charge in [0.15, 0.2) is 5.82 Å². The zero-order valence-electron chi connectivity index (χ0n) is 14.3. The lowest BCUT2D eigenvalue weighted by Gasteiger charge is -2.31. The first-order valence-corrected chi connectivity index (χ1v) is 8.60. The molecule has 2 aromatic heterocycles. The van der Waals surface area contributed by atoms with E-state index >= 15 is 0 Å². The van der Waals surface area contributed by atoms with Gasteiger partial charge in [-0.1, -0.05) is 12.1 Å². The molecule has 0 amide bonds. The Labute approximate surface area is 153 Å². The van der Waals surface area contributed by atoms with Crippen LogP contribution in [0, 0.1) is 0 Å². The summed E-state index contributed by atoms with van der Waals surface area (Å²) in [5.74, 6) is 0.925. The second kappa shape index (κ2) is 6.73. The van der Waals surface area contributed by atoms with Crippen LogP contribution in [0.25, 0.3) is 22.4 Å². The van der Waals surface area contributed by atoms with Crippen molar-refractivity contribution >= 4 is 16.9 Å².